The van der Waals surface area contributed by atoms with Gasteiger partial charge in [0.15, 0.2) is 11.6 Å². The van der Waals surface area contributed by atoms with E-state index in [0.29, 0.717) is 17.3 Å². The Kier molecular flexibility index (Phi) is 4.00. The highest BCUT2D eigenvalue weighted by Crippen LogP contribution is 2.29. The van der Waals surface area contributed by atoms with Gasteiger partial charge in [0.1, 0.15) is 11.6 Å². The Morgan fingerprint density at radius 2 is 1.95 bits per heavy atom. The molecule has 0 spiro atoms. The summed E-state index contributed by atoms with van der Waals surface area (Å²) in [6, 6.07) is 1.95. The van der Waals surface area contributed by atoms with E-state index in [2.05, 4.69) is 19.9 Å². The minimum atomic E-state index is -0.315. The fourth-order valence-electron chi connectivity index (χ4n) is 3.00. The van der Waals surface area contributed by atoms with Crippen molar-refractivity contribution in [2.45, 2.75) is 39.5 Å². The van der Waals surface area contributed by atoms with Crippen molar-refractivity contribution in [3.8, 4) is 0 Å². The van der Waals surface area contributed by atoms with Gasteiger partial charge < -0.3 is 4.90 Å². The van der Waals surface area contributed by atoms with E-state index in [1.165, 1.54) is 0 Å². The van der Waals surface area contributed by atoms with E-state index >= 15 is 0 Å². The molecule has 0 N–H and O–H groups in total. The number of rotatable bonds is 2. The summed E-state index contributed by atoms with van der Waals surface area (Å²) >= 11 is 0. The molecule has 1 saturated heterocycles. The maximum absolute atomic E-state index is 14.4. The molecular formula is C16H20FN5. The van der Waals surface area contributed by atoms with E-state index in [-0.39, 0.29) is 11.7 Å². The molecule has 3 heterocycles. The predicted octanol–water partition coefficient (Wildman–Crippen LogP) is 2.71. The Labute approximate surface area is 129 Å². The van der Waals surface area contributed by atoms with Gasteiger partial charge in [-0.2, -0.15) is 0 Å². The van der Waals surface area contributed by atoms with Crippen molar-refractivity contribution in [2.75, 3.05) is 18.0 Å². The maximum atomic E-state index is 14.4. The molecule has 1 unspecified atom stereocenters. The van der Waals surface area contributed by atoms with Crippen molar-refractivity contribution in [1.82, 2.24) is 19.9 Å². The van der Waals surface area contributed by atoms with Crippen LogP contribution in [-0.2, 0) is 0 Å². The number of aryl methyl sites for hydroxylation is 3. The monoisotopic (exact) mass is 301 g/mol. The van der Waals surface area contributed by atoms with Crippen molar-refractivity contribution < 1.29 is 4.39 Å². The zero-order valence-electron chi connectivity index (χ0n) is 13.2. The summed E-state index contributed by atoms with van der Waals surface area (Å²) in [4.78, 5) is 19.1. The van der Waals surface area contributed by atoms with Crippen LogP contribution in [0.25, 0.3) is 0 Å². The van der Waals surface area contributed by atoms with E-state index < -0.39 is 0 Å². The molecule has 5 nitrogen and oxygen atoms in total. The first-order chi connectivity index (χ1) is 10.5. The highest BCUT2D eigenvalue weighted by atomic mass is 19.1. The third-order valence-electron chi connectivity index (χ3n) is 4.05. The topological polar surface area (TPSA) is 54.8 Å². The van der Waals surface area contributed by atoms with Gasteiger partial charge in [0.2, 0.25) is 0 Å². The lowest BCUT2D eigenvalue weighted by molar-refractivity contribution is 0.485. The van der Waals surface area contributed by atoms with Crippen LogP contribution in [0.2, 0.25) is 0 Å². The van der Waals surface area contributed by atoms with Crippen molar-refractivity contribution in [3.63, 3.8) is 0 Å². The first kappa shape index (κ1) is 14.8. The molecule has 1 aliphatic heterocycles. The molecule has 2 aromatic rings. The summed E-state index contributed by atoms with van der Waals surface area (Å²) in [5.41, 5.74) is 1.43. The molecule has 0 saturated carbocycles. The third-order valence-corrected chi connectivity index (χ3v) is 4.05. The first-order valence-corrected chi connectivity index (χ1v) is 7.60. The number of halogens is 1. The van der Waals surface area contributed by atoms with Crippen LogP contribution in [0.4, 0.5) is 10.2 Å². The van der Waals surface area contributed by atoms with Crippen LogP contribution in [0.3, 0.4) is 0 Å². The fourth-order valence-corrected chi connectivity index (χ4v) is 3.00. The summed E-state index contributed by atoms with van der Waals surface area (Å²) in [7, 11) is 0. The fraction of sp³-hybridized carbons (Fsp3) is 0.500. The molecule has 0 bridgehead atoms. The number of hydrogen-bond acceptors (Lipinski definition) is 5. The maximum Gasteiger partial charge on any atom is 0.186 e. The summed E-state index contributed by atoms with van der Waals surface area (Å²) in [5, 5.41) is 0. The molecule has 116 valence electrons. The van der Waals surface area contributed by atoms with Crippen LogP contribution >= 0.6 is 0 Å². The van der Waals surface area contributed by atoms with Gasteiger partial charge in [0.25, 0.3) is 0 Å². The molecular weight excluding hydrogens is 281 g/mol. The minimum Gasteiger partial charge on any atom is -0.353 e. The Morgan fingerprint density at radius 3 is 2.73 bits per heavy atom. The Morgan fingerprint density at radius 1 is 1.14 bits per heavy atom. The molecule has 6 heteroatoms. The molecule has 1 aliphatic rings. The van der Waals surface area contributed by atoms with E-state index in [1.54, 1.807) is 20.0 Å². The lowest BCUT2D eigenvalue weighted by Crippen LogP contribution is -2.36. The second kappa shape index (κ2) is 5.94. The molecule has 1 fully saturated rings. The van der Waals surface area contributed by atoms with E-state index in [4.69, 9.17) is 0 Å². The third kappa shape index (κ3) is 2.91. The summed E-state index contributed by atoms with van der Waals surface area (Å²) in [6.45, 7) is 6.91. The van der Waals surface area contributed by atoms with Crippen molar-refractivity contribution >= 4 is 5.82 Å². The second-order valence-electron chi connectivity index (χ2n) is 5.81. The predicted molar refractivity (Wildman–Crippen MR) is 82.4 cm³/mol. The average molecular weight is 301 g/mol. The summed E-state index contributed by atoms with van der Waals surface area (Å²) < 4.78 is 14.4. The molecule has 2 aromatic heterocycles. The number of hydrogen-bond donors (Lipinski definition) is 0. The van der Waals surface area contributed by atoms with E-state index in [9.17, 15) is 4.39 Å². The Bertz CT molecular complexity index is 688. The minimum absolute atomic E-state index is 0.283. The Balaban J connectivity index is 1.87. The van der Waals surface area contributed by atoms with Crippen molar-refractivity contribution in [1.29, 1.82) is 0 Å². The quantitative estimate of drug-likeness (QED) is 0.853. The van der Waals surface area contributed by atoms with Gasteiger partial charge in [-0.1, -0.05) is 0 Å². The summed E-state index contributed by atoms with van der Waals surface area (Å²) in [6.07, 6.45) is 3.84. The highest BCUT2D eigenvalue weighted by Gasteiger charge is 2.26. The zero-order chi connectivity index (χ0) is 15.7. The number of aromatic nitrogens is 4. The molecule has 0 aliphatic carbocycles. The normalized spacial score (nSPS) is 18.5. The number of anilines is 1. The van der Waals surface area contributed by atoms with Gasteiger partial charge in [-0.15, -0.1) is 0 Å². The molecule has 0 amide bonds. The van der Waals surface area contributed by atoms with Crippen molar-refractivity contribution in [3.05, 3.63) is 41.1 Å². The molecule has 1 atom stereocenters. The summed E-state index contributed by atoms with van der Waals surface area (Å²) in [5.74, 6) is 1.76. The molecule has 0 aromatic carbocycles. The Hall–Kier alpha value is -2.11. The highest BCUT2D eigenvalue weighted by molar-refractivity contribution is 5.43. The number of nitrogens with zero attached hydrogens (tertiary/aromatic N) is 5. The lowest BCUT2D eigenvalue weighted by atomic mass is 9.94. The van der Waals surface area contributed by atoms with Crippen LogP contribution in [-0.4, -0.2) is 33.0 Å². The van der Waals surface area contributed by atoms with Gasteiger partial charge >= 0.3 is 0 Å². The van der Waals surface area contributed by atoms with Crippen LogP contribution in [0.5, 0.6) is 0 Å². The van der Waals surface area contributed by atoms with Crippen molar-refractivity contribution in [2.24, 2.45) is 0 Å². The van der Waals surface area contributed by atoms with Crippen LogP contribution in [0.1, 0.15) is 41.8 Å². The zero-order valence-corrected chi connectivity index (χ0v) is 13.2. The average Bonchev–Trinajstić information content (AvgIpc) is 2.51. The van der Waals surface area contributed by atoms with Crippen LogP contribution in [0, 0.1) is 26.6 Å². The van der Waals surface area contributed by atoms with Gasteiger partial charge in [0, 0.05) is 30.9 Å². The molecule has 3 rings (SSSR count). The number of piperidine rings is 1. The molecule has 22 heavy (non-hydrogen) atoms. The second-order valence-corrected chi connectivity index (χ2v) is 5.81. The molecule has 0 radical (unpaired) electrons. The van der Waals surface area contributed by atoms with Gasteiger partial charge in [-0.3, -0.25) is 0 Å². The first-order valence-electron chi connectivity index (χ1n) is 7.60. The largest absolute Gasteiger partial charge is 0.353 e. The van der Waals surface area contributed by atoms with E-state index in [0.717, 1.165) is 37.4 Å². The standard InChI is InChI=1S/C16H20FN5/c1-10-15(17)16(21-12(3)19-10)22-8-4-5-13(9-22)14-6-7-18-11(2)20-14/h6-7,13H,4-5,8-9H2,1-3H3. The van der Waals surface area contributed by atoms with Gasteiger partial charge in [-0.25, -0.2) is 24.3 Å². The van der Waals surface area contributed by atoms with Gasteiger partial charge in [0.05, 0.1) is 5.69 Å². The lowest BCUT2D eigenvalue weighted by Gasteiger charge is -2.33. The van der Waals surface area contributed by atoms with Crippen LogP contribution < -0.4 is 4.90 Å². The van der Waals surface area contributed by atoms with Gasteiger partial charge in [-0.05, 0) is 39.7 Å². The van der Waals surface area contributed by atoms with E-state index in [1.807, 2.05) is 17.9 Å². The SMILES string of the molecule is Cc1nccc(C2CCCN(c3nc(C)nc(C)c3F)C2)n1. The van der Waals surface area contributed by atoms with Crippen LogP contribution in [0.15, 0.2) is 12.3 Å². The smallest absolute Gasteiger partial charge is 0.186 e.